The summed E-state index contributed by atoms with van der Waals surface area (Å²) in [5, 5.41) is 3.76. The molecule has 0 aliphatic heterocycles. The molecule has 0 aliphatic rings. The van der Waals surface area contributed by atoms with Crippen molar-refractivity contribution in [1.29, 1.82) is 0 Å². The Morgan fingerprint density at radius 2 is 2.14 bits per heavy atom. The van der Waals surface area contributed by atoms with E-state index in [-0.39, 0.29) is 12.2 Å². The molecule has 112 valence electrons. The van der Waals surface area contributed by atoms with Crippen molar-refractivity contribution in [2.75, 3.05) is 0 Å². The highest BCUT2D eigenvalue weighted by Crippen LogP contribution is 2.21. The Morgan fingerprint density at radius 3 is 2.91 bits per heavy atom. The maximum absolute atomic E-state index is 13.6. The summed E-state index contributed by atoms with van der Waals surface area (Å²) < 4.78 is 29.4. The maximum Gasteiger partial charge on any atom is 0.341 e. The average molecular weight is 366 g/mol. The Bertz CT molecular complexity index is 798. The van der Waals surface area contributed by atoms with Crippen molar-refractivity contribution < 1.29 is 22.9 Å². The van der Waals surface area contributed by atoms with E-state index in [9.17, 15) is 9.18 Å². The van der Waals surface area contributed by atoms with Crippen LogP contribution >= 0.6 is 15.9 Å². The van der Waals surface area contributed by atoms with Crippen molar-refractivity contribution in [2.45, 2.75) is 6.61 Å². The largest absolute Gasteiger partial charge is 0.461 e. The topological polar surface area (TPSA) is 65.5 Å². The Labute approximate surface area is 132 Å². The molecule has 2 aromatic heterocycles. The highest BCUT2D eigenvalue weighted by Gasteiger charge is 2.15. The minimum absolute atomic E-state index is 0.130. The number of halogens is 2. The van der Waals surface area contributed by atoms with Gasteiger partial charge in [-0.3, -0.25) is 0 Å². The van der Waals surface area contributed by atoms with Crippen LogP contribution in [-0.4, -0.2) is 11.1 Å². The van der Waals surface area contributed by atoms with Crippen LogP contribution in [0.3, 0.4) is 0 Å². The predicted octanol–water partition coefficient (Wildman–Crippen LogP) is 4.19. The molecule has 0 fully saturated rings. The molecule has 5 nitrogen and oxygen atoms in total. The lowest BCUT2D eigenvalue weighted by atomic mass is 10.2. The van der Waals surface area contributed by atoms with Gasteiger partial charge in [0.1, 0.15) is 18.1 Å². The molecular weight excluding hydrogens is 357 g/mol. The van der Waals surface area contributed by atoms with Crippen LogP contribution in [0.25, 0.3) is 11.5 Å². The molecule has 0 bridgehead atoms. The van der Waals surface area contributed by atoms with Gasteiger partial charge in [-0.15, -0.1) is 0 Å². The first kappa shape index (κ1) is 14.5. The van der Waals surface area contributed by atoms with E-state index in [0.717, 1.165) is 0 Å². The van der Waals surface area contributed by atoms with Crippen LogP contribution in [0.2, 0.25) is 0 Å². The highest BCUT2D eigenvalue weighted by molar-refractivity contribution is 9.10. The van der Waals surface area contributed by atoms with Crippen LogP contribution in [0.4, 0.5) is 4.39 Å². The zero-order valence-electron chi connectivity index (χ0n) is 11.1. The molecule has 0 saturated carbocycles. The molecule has 0 N–H and O–H groups in total. The number of rotatable bonds is 4. The zero-order valence-corrected chi connectivity index (χ0v) is 12.7. The fourth-order valence-electron chi connectivity index (χ4n) is 1.79. The van der Waals surface area contributed by atoms with Crippen LogP contribution in [0.15, 0.2) is 56.1 Å². The second-order valence-electron chi connectivity index (χ2n) is 4.36. The first-order chi connectivity index (χ1) is 10.6. The van der Waals surface area contributed by atoms with E-state index < -0.39 is 11.8 Å². The predicted molar refractivity (Wildman–Crippen MR) is 77.4 cm³/mol. The number of ether oxygens (including phenoxy) is 1. The summed E-state index contributed by atoms with van der Waals surface area (Å²) >= 11 is 3.17. The van der Waals surface area contributed by atoms with Crippen molar-refractivity contribution in [3.8, 4) is 11.5 Å². The lowest BCUT2D eigenvalue weighted by Gasteiger charge is -2.04. The van der Waals surface area contributed by atoms with Gasteiger partial charge in [-0.1, -0.05) is 21.1 Å². The number of hydrogen-bond acceptors (Lipinski definition) is 5. The number of nitrogens with zero attached hydrogens (tertiary/aromatic N) is 1. The van der Waals surface area contributed by atoms with Crippen LogP contribution in [0, 0.1) is 5.82 Å². The Morgan fingerprint density at radius 1 is 1.27 bits per heavy atom. The quantitative estimate of drug-likeness (QED) is 0.648. The third-order valence-electron chi connectivity index (χ3n) is 2.82. The van der Waals surface area contributed by atoms with Gasteiger partial charge >= 0.3 is 5.97 Å². The lowest BCUT2D eigenvalue weighted by molar-refractivity contribution is 0.0459. The number of aromatic nitrogens is 1. The van der Waals surface area contributed by atoms with Gasteiger partial charge in [0.2, 0.25) is 5.76 Å². The zero-order chi connectivity index (χ0) is 15.5. The number of carbonyl (C=O) groups is 1. The second kappa shape index (κ2) is 6.15. The van der Waals surface area contributed by atoms with Crippen molar-refractivity contribution in [3.05, 3.63) is 64.2 Å². The third-order valence-corrected chi connectivity index (χ3v) is 3.32. The summed E-state index contributed by atoms with van der Waals surface area (Å²) in [4.78, 5) is 11.9. The minimum atomic E-state index is -0.777. The molecule has 0 spiro atoms. The van der Waals surface area contributed by atoms with E-state index in [0.29, 0.717) is 21.7 Å². The Balaban J connectivity index is 1.67. The van der Waals surface area contributed by atoms with Crippen molar-refractivity contribution >= 4 is 21.9 Å². The van der Waals surface area contributed by atoms with Crippen LogP contribution < -0.4 is 0 Å². The maximum atomic E-state index is 13.6. The van der Waals surface area contributed by atoms with E-state index in [1.54, 1.807) is 18.2 Å². The molecule has 0 unspecified atom stereocenters. The number of hydrogen-bond donors (Lipinski definition) is 0. The normalized spacial score (nSPS) is 10.6. The fourth-order valence-corrected chi connectivity index (χ4v) is 2.15. The van der Waals surface area contributed by atoms with Gasteiger partial charge in [0.05, 0.1) is 11.8 Å². The Hall–Kier alpha value is -2.41. The van der Waals surface area contributed by atoms with Crippen LogP contribution in [-0.2, 0) is 11.3 Å². The van der Waals surface area contributed by atoms with E-state index in [1.807, 2.05) is 0 Å². The van der Waals surface area contributed by atoms with Crippen LogP contribution in [0.1, 0.15) is 16.1 Å². The van der Waals surface area contributed by atoms with E-state index in [1.165, 1.54) is 24.5 Å². The number of esters is 1. The highest BCUT2D eigenvalue weighted by atomic mass is 79.9. The molecule has 0 atom stereocenters. The van der Waals surface area contributed by atoms with Crippen LogP contribution in [0.5, 0.6) is 0 Å². The standard InChI is InChI=1S/C15H9BrFNO4/c16-9-3-4-12(17)11(6-9)15(19)21-8-10-7-14(22-18-10)13-2-1-5-20-13/h1-7H,8H2. The number of carbonyl (C=O) groups excluding carboxylic acids is 1. The number of furan rings is 1. The first-order valence-corrected chi connectivity index (χ1v) is 7.04. The molecule has 22 heavy (non-hydrogen) atoms. The van der Waals surface area contributed by atoms with Gasteiger partial charge in [-0.2, -0.15) is 0 Å². The summed E-state index contributed by atoms with van der Waals surface area (Å²) in [6.45, 7) is -0.130. The summed E-state index contributed by atoms with van der Waals surface area (Å²) in [7, 11) is 0. The van der Waals surface area contributed by atoms with Crippen molar-refractivity contribution in [1.82, 2.24) is 5.16 Å². The third kappa shape index (κ3) is 3.09. The summed E-state index contributed by atoms with van der Waals surface area (Å²) in [5.74, 6) is -0.487. The van der Waals surface area contributed by atoms with Gasteiger partial charge in [0.15, 0.2) is 5.76 Å². The Kier molecular flexibility index (Phi) is 4.06. The molecule has 0 radical (unpaired) electrons. The summed E-state index contributed by atoms with van der Waals surface area (Å²) in [6, 6.07) is 9.06. The summed E-state index contributed by atoms with van der Waals surface area (Å²) in [6.07, 6.45) is 1.51. The first-order valence-electron chi connectivity index (χ1n) is 6.25. The molecule has 3 aromatic rings. The van der Waals surface area contributed by atoms with Gasteiger partial charge in [0.25, 0.3) is 0 Å². The lowest BCUT2D eigenvalue weighted by Crippen LogP contribution is -2.07. The second-order valence-corrected chi connectivity index (χ2v) is 5.28. The molecule has 7 heteroatoms. The van der Waals surface area contributed by atoms with E-state index in [2.05, 4.69) is 21.1 Å². The fraction of sp³-hybridized carbons (Fsp3) is 0.0667. The molecule has 0 amide bonds. The van der Waals surface area contributed by atoms with Gasteiger partial charge < -0.3 is 13.7 Å². The molecule has 2 heterocycles. The monoisotopic (exact) mass is 365 g/mol. The van der Waals surface area contributed by atoms with Gasteiger partial charge in [-0.05, 0) is 30.3 Å². The van der Waals surface area contributed by atoms with Crippen molar-refractivity contribution in [2.24, 2.45) is 0 Å². The SMILES string of the molecule is O=C(OCc1cc(-c2ccco2)on1)c1cc(Br)ccc1F. The summed E-state index contributed by atoms with van der Waals surface area (Å²) in [5.41, 5.74) is 0.249. The average Bonchev–Trinajstić information content (AvgIpc) is 3.17. The van der Waals surface area contributed by atoms with E-state index in [4.69, 9.17) is 13.7 Å². The molecule has 1 aromatic carbocycles. The van der Waals surface area contributed by atoms with Crippen molar-refractivity contribution in [3.63, 3.8) is 0 Å². The van der Waals surface area contributed by atoms with Gasteiger partial charge in [-0.25, -0.2) is 9.18 Å². The molecule has 0 saturated heterocycles. The smallest absolute Gasteiger partial charge is 0.341 e. The molecule has 0 aliphatic carbocycles. The number of benzene rings is 1. The van der Waals surface area contributed by atoms with Gasteiger partial charge in [0, 0.05) is 10.5 Å². The molecule has 3 rings (SSSR count). The van der Waals surface area contributed by atoms with E-state index >= 15 is 0 Å². The molecular formula is C15H9BrFNO4. The minimum Gasteiger partial charge on any atom is -0.461 e.